The molecule has 0 amide bonds. The molecule has 1 N–H and O–H groups in total. The molecule has 0 saturated carbocycles. The van der Waals surface area contributed by atoms with Crippen molar-refractivity contribution in [2.75, 3.05) is 13.2 Å². The third-order valence-electron chi connectivity index (χ3n) is 2.98. The van der Waals surface area contributed by atoms with E-state index in [1.807, 2.05) is 12.1 Å². The maximum Gasteiger partial charge on any atom is 0.123 e. The van der Waals surface area contributed by atoms with Crippen molar-refractivity contribution in [1.82, 2.24) is 5.32 Å². The van der Waals surface area contributed by atoms with Crippen molar-refractivity contribution in [3.05, 3.63) is 40.9 Å². The molecule has 0 aromatic heterocycles. The summed E-state index contributed by atoms with van der Waals surface area (Å²) >= 11 is 6.24. The van der Waals surface area contributed by atoms with Gasteiger partial charge in [-0.1, -0.05) is 31.2 Å². The van der Waals surface area contributed by atoms with Gasteiger partial charge in [-0.05, 0) is 30.5 Å². The molecule has 1 unspecified atom stereocenters. The first-order valence-corrected chi connectivity index (χ1v) is 6.41. The standard InChI is InChI=1S/C14H18ClNO/c1-3-7-17-14-6-5-13(15)11(4-2)12(14)8-10-9-16-10/h3,5-6,10,16H,1,4,7-9H2,2H3. The Balaban J connectivity index is 2.30. The lowest BCUT2D eigenvalue weighted by molar-refractivity contribution is 0.358. The molecule has 0 radical (unpaired) electrons. The summed E-state index contributed by atoms with van der Waals surface area (Å²) in [6, 6.07) is 4.47. The molecular weight excluding hydrogens is 234 g/mol. The molecule has 1 aromatic carbocycles. The van der Waals surface area contributed by atoms with Crippen molar-refractivity contribution >= 4 is 11.6 Å². The molecule has 92 valence electrons. The average molecular weight is 252 g/mol. The van der Waals surface area contributed by atoms with Crippen LogP contribution in [0.4, 0.5) is 0 Å². The van der Waals surface area contributed by atoms with Crippen LogP contribution in [0.2, 0.25) is 5.02 Å². The van der Waals surface area contributed by atoms with Crippen LogP contribution >= 0.6 is 11.6 Å². The number of hydrogen-bond donors (Lipinski definition) is 1. The summed E-state index contributed by atoms with van der Waals surface area (Å²) < 4.78 is 5.71. The summed E-state index contributed by atoms with van der Waals surface area (Å²) in [5.41, 5.74) is 2.46. The Hall–Kier alpha value is -0.990. The van der Waals surface area contributed by atoms with Crippen LogP contribution in [0.1, 0.15) is 18.1 Å². The first kappa shape index (κ1) is 12.5. The maximum atomic E-state index is 6.24. The minimum absolute atomic E-state index is 0.538. The van der Waals surface area contributed by atoms with E-state index in [4.69, 9.17) is 16.3 Å². The van der Waals surface area contributed by atoms with Gasteiger partial charge in [0.25, 0.3) is 0 Å². The van der Waals surface area contributed by atoms with Crippen LogP contribution in [-0.4, -0.2) is 19.2 Å². The molecule has 17 heavy (non-hydrogen) atoms. The summed E-state index contributed by atoms with van der Waals surface area (Å²) in [4.78, 5) is 0. The van der Waals surface area contributed by atoms with E-state index >= 15 is 0 Å². The molecule has 1 fully saturated rings. The topological polar surface area (TPSA) is 31.2 Å². The second-order valence-corrected chi connectivity index (χ2v) is 4.67. The van der Waals surface area contributed by atoms with Gasteiger partial charge in [0.15, 0.2) is 0 Å². The lowest BCUT2D eigenvalue weighted by Crippen LogP contribution is -2.06. The van der Waals surface area contributed by atoms with E-state index < -0.39 is 0 Å². The zero-order valence-corrected chi connectivity index (χ0v) is 10.9. The van der Waals surface area contributed by atoms with Crippen LogP contribution in [0.25, 0.3) is 0 Å². The minimum Gasteiger partial charge on any atom is -0.489 e. The SMILES string of the molecule is C=CCOc1ccc(Cl)c(CC)c1CC1CN1. The summed E-state index contributed by atoms with van der Waals surface area (Å²) in [6.45, 7) is 7.43. The third kappa shape index (κ3) is 3.02. The summed E-state index contributed by atoms with van der Waals surface area (Å²) in [5.74, 6) is 0.944. The first-order chi connectivity index (χ1) is 8.26. The van der Waals surface area contributed by atoms with Gasteiger partial charge in [-0.3, -0.25) is 0 Å². The molecular formula is C14H18ClNO. The van der Waals surface area contributed by atoms with E-state index in [1.54, 1.807) is 6.08 Å². The predicted molar refractivity (Wildman–Crippen MR) is 72.0 cm³/mol. The molecule has 2 rings (SSSR count). The Labute approximate surface area is 108 Å². The molecule has 1 saturated heterocycles. The van der Waals surface area contributed by atoms with Crippen LogP contribution in [0.3, 0.4) is 0 Å². The van der Waals surface area contributed by atoms with E-state index in [0.717, 1.165) is 30.2 Å². The van der Waals surface area contributed by atoms with Gasteiger partial charge in [-0.2, -0.15) is 0 Å². The quantitative estimate of drug-likeness (QED) is 0.623. The van der Waals surface area contributed by atoms with Gasteiger partial charge in [0.2, 0.25) is 0 Å². The van der Waals surface area contributed by atoms with E-state index in [1.165, 1.54) is 11.1 Å². The average Bonchev–Trinajstić information content (AvgIpc) is 3.12. The van der Waals surface area contributed by atoms with Crippen LogP contribution in [0, 0.1) is 0 Å². The first-order valence-electron chi connectivity index (χ1n) is 6.03. The van der Waals surface area contributed by atoms with E-state index in [2.05, 4.69) is 18.8 Å². The maximum absolute atomic E-state index is 6.24. The Bertz CT molecular complexity index is 413. The zero-order valence-electron chi connectivity index (χ0n) is 10.1. The van der Waals surface area contributed by atoms with Crippen LogP contribution < -0.4 is 10.1 Å². The van der Waals surface area contributed by atoms with Crippen molar-refractivity contribution in [2.24, 2.45) is 0 Å². The Morgan fingerprint density at radius 2 is 2.29 bits per heavy atom. The smallest absolute Gasteiger partial charge is 0.123 e. The van der Waals surface area contributed by atoms with Gasteiger partial charge >= 0.3 is 0 Å². The Kier molecular flexibility index (Phi) is 4.08. The lowest BCUT2D eigenvalue weighted by Gasteiger charge is -2.15. The van der Waals surface area contributed by atoms with Crippen molar-refractivity contribution < 1.29 is 4.74 Å². The van der Waals surface area contributed by atoms with E-state index in [-0.39, 0.29) is 0 Å². The molecule has 0 aliphatic carbocycles. The van der Waals surface area contributed by atoms with Crippen LogP contribution in [-0.2, 0) is 12.8 Å². The monoisotopic (exact) mass is 251 g/mol. The third-order valence-corrected chi connectivity index (χ3v) is 3.34. The molecule has 1 heterocycles. The summed E-state index contributed by atoms with van der Waals surface area (Å²) in [7, 11) is 0. The number of rotatable bonds is 6. The molecule has 1 atom stereocenters. The van der Waals surface area contributed by atoms with Crippen molar-refractivity contribution in [1.29, 1.82) is 0 Å². The highest BCUT2D eigenvalue weighted by Crippen LogP contribution is 2.31. The van der Waals surface area contributed by atoms with Gasteiger partial charge in [0.05, 0.1) is 0 Å². The molecule has 0 bridgehead atoms. The lowest BCUT2D eigenvalue weighted by atomic mass is 9.99. The number of ether oxygens (including phenoxy) is 1. The van der Waals surface area contributed by atoms with Gasteiger partial charge in [-0.25, -0.2) is 0 Å². The fourth-order valence-corrected chi connectivity index (χ4v) is 2.32. The van der Waals surface area contributed by atoms with Crippen molar-refractivity contribution in [2.45, 2.75) is 25.8 Å². The van der Waals surface area contributed by atoms with Gasteiger partial charge < -0.3 is 10.1 Å². The molecule has 2 nitrogen and oxygen atoms in total. The number of hydrogen-bond acceptors (Lipinski definition) is 2. The number of benzene rings is 1. The van der Waals surface area contributed by atoms with E-state index in [9.17, 15) is 0 Å². The van der Waals surface area contributed by atoms with E-state index in [0.29, 0.717) is 12.6 Å². The van der Waals surface area contributed by atoms with Gasteiger partial charge in [0, 0.05) is 23.2 Å². The zero-order chi connectivity index (χ0) is 12.3. The molecule has 3 heteroatoms. The molecule has 1 aliphatic heterocycles. The number of halogens is 1. The van der Waals surface area contributed by atoms with Gasteiger partial charge in [-0.15, -0.1) is 0 Å². The second-order valence-electron chi connectivity index (χ2n) is 4.27. The molecule has 1 aromatic rings. The largest absolute Gasteiger partial charge is 0.489 e. The highest BCUT2D eigenvalue weighted by molar-refractivity contribution is 6.31. The minimum atomic E-state index is 0.538. The van der Waals surface area contributed by atoms with Crippen LogP contribution in [0.5, 0.6) is 5.75 Å². The van der Waals surface area contributed by atoms with Crippen LogP contribution in [0.15, 0.2) is 24.8 Å². The summed E-state index contributed by atoms with van der Waals surface area (Å²) in [6.07, 6.45) is 3.70. The Morgan fingerprint density at radius 1 is 1.53 bits per heavy atom. The molecule has 0 spiro atoms. The number of nitrogens with one attached hydrogen (secondary N) is 1. The highest BCUT2D eigenvalue weighted by atomic mass is 35.5. The predicted octanol–water partition coefficient (Wildman–Crippen LogP) is 2.98. The molecule has 1 aliphatic rings. The fourth-order valence-electron chi connectivity index (χ4n) is 2.01. The van der Waals surface area contributed by atoms with Gasteiger partial charge in [0.1, 0.15) is 12.4 Å². The summed E-state index contributed by atoms with van der Waals surface area (Å²) in [5, 5.41) is 4.16. The Morgan fingerprint density at radius 3 is 2.88 bits per heavy atom. The second kappa shape index (κ2) is 5.56. The van der Waals surface area contributed by atoms with Crippen molar-refractivity contribution in [3.63, 3.8) is 0 Å². The van der Waals surface area contributed by atoms with Crippen molar-refractivity contribution in [3.8, 4) is 5.75 Å². The normalized spacial score (nSPS) is 17.9. The highest BCUT2D eigenvalue weighted by Gasteiger charge is 2.24. The fraction of sp³-hybridized carbons (Fsp3) is 0.429.